The van der Waals surface area contributed by atoms with Gasteiger partial charge in [0.05, 0.1) is 25.5 Å². The molecule has 0 saturated carbocycles. The average molecular weight is 217 g/mol. The molecule has 0 aromatic carbocycles. The predicted molar refractivity (Wildman–Crippen MR) is 50.1 cm³/mol. The van der Waals surface area contributed by atoms with Crippen LogP contribution in [-0.4, -0.2) is 47.0 Å². The largest absolute Gasteiger partial charge is 0.394 e. The highest BCUT2D eigenvalue weighted by Crippen LogP contribution is 2.01. The van der Waals surface area contributed by atoms with Crippen LogP contribution in [0.3, 0.4) is 0 Å². The minimum Gasteiger partial charge on any atom is -0.394 e. The first-order valence-corrected chi connectivity index (χ1v) is 4.73. The summed E-state index contributed by atoms with van der Waals surface area (Å²) in [6.45, 7) is 0.111. The van der Waals surface area contributed by atoms with Crippen molar-refractivity contribution in [3.63, 3.8) is 0 Å². The highest BCUT2D eigenvalue weighted by molar-refractivity contribution is 7.07. The molecule has 0 saturated heterocycles. The highest BCUT2D eigenvalue weighted by atomic mass is 32.1. The Hall–Kier alpha value is -1.05. The Morgan fingerprint density at radius 2 is 2.64 bits per heavy atom. The van der Waals surface area contributed by atoms with Crippen molar-refractivity contribution in [1.82, 2.24) is 14.9 Å². The molecule has 1 heterocycles. The van der Waals surface area contributed by atoms with E-state index in [-0.39, 0.29) is 19.1 Å². The van der Waals surface area contributed by atoms with Crippen LogP contribution >= 0.6 is 11.5 Å². The first-order valence-electron chi connectivity index (χ1n) is 3.96. The van der Waals surface area contributed by atoms with E-state index in [4.69, 9.17) is 9.84 Å². The van der Waals surface area contributed by atoms with Gasteiger partial charge in [-0.2, -0.15) is 0 Å². The standard InChI is InChI=1S/C7H11N3O3S/c1-13-4-5(3-11)9-7(12)6-2-8-10-14-6/h2,5,11H,3-4H2,1H3,(H,9,12). The van der Waals surface area contributed by atoms with E-state index < -0.39 is 6.04 Å². The lowest BCUT2D eigenvalue weighted by atomic mass is 10.3. The van der Waals surface area contributed by atoms with Crippen LogP contribution in [-0.2, 0) is 4.74 Å². The number of ether oxygens (including phenoxy) is 1. The molecule has 1 rings (SSSR count). The predicted octanol–water partition coefficient (Wildman–Crippen LogP) is -0.725. The Morgan fingerprint density at radius 3 is 3.14 bits per heavy atom. The van der Waals surface area contributed by atoms with Gasteiger partial charge in [0.15, 0.2) is 0 Å². The monoisotopic (exact) mass is 217 g/mol. The lowest BCUT2D eigenvalue weighted by Gasteiger charge is -2.13. The molecule has 0 aliphatic heterocycles. The van der Waals surface area contributed by atoms with Crippen molar-refractivity contribution in [2.24, 2.45) is 0 Å². The topological polar surface area (TPSA) is 84.3 Å². The van der Waals surface area contributed by atoms with Crippen molar-refractivity contribution in [1.29, 1.82) is 0 Å². The van der Waals surface area contributed by atoms with Gasteiger partial charge in [-0.1, -0.05) is 4.49 Å². The molecular weight excluding hydrogens is 206 g/mol. The number of nitrogens with one attached hydrogen (secondary N) is 1. The van der Waals surface area contributed by atoms with Gasteiger partial charge in [-0.15, -0.1) is 5.10 Å². The summed E-state index contributed by atoms with van der Waals surface area (Å²) in [6.07, 6.45) is 1.38. The number of amides is 1. The summed E-state index contributed by atoms with van der Waals surface area (Å²) in [5, 5.41) is 15.0. The van der Waals surface area contributed by atoms with E-state index in [1.165, 1.54) is 13.3 Å². The number of aliphatic hydroxyl groups excluding tert-OH is 1. The second-order valence-electron chi connectivity index (χ2n) is 2.59. The van der Waals surface area contributed by atoms with Crippen molar-refractivity contribution < 1.29 is 14.6 Å². The molecule has 1 aromatic rings. The van der Waals surface area contributed by atoms with Crippen LogP contribution in [0.4, 0.5) is 0 Å². The Labute approximate surface area is 85.1 Å². The van der Waals surface area contributed by atoms with Crippen LogP contribution in [0.1, 0.15) is 9.67 Å². The molecule has 1 aromatic heterocycles. The zero-order valence-electron chi connectivity index (χ0n) is 7.64. The molecule has 0 radical (unpaired) electrons. The molecule has 0 aliphatic carbocycles. The van der Waals surface area contributed by atoms with Crippen molar-refractivity contribution in [3.05, 3.63) is 11.1 Å². The van der Waals surface area contributed by atoms with Crippen LogP contribution in [0.25, 0.3) is 0 Å². The third kappa shape index (κ3) is 3.02. The van der Waals surface area contributed by atoms with Crippen molar-refractivity contribution >= 4 is 17.4 Å². The Morgan fingerprint density at radius 1 is 1.86 bits per heavy atom. The van der Waals surface area contributed by atoms with E-state index in [1.54, 1.807) is 0 Å². The van der Waals surface area contributed by atoms with Crippen molar-refractivity contribution in [2.75, 3.05) is 20.3 Å². The van der Waals surface area contributed by atoms with Gasteiger partial charge in [0.1, 0.15) is 4.88 Å². The molecule has 6 nitrogen and oxygen atoms in total. The smallest absolute Gasteiger partial charge is 0.265 e. The van der Waals surface area contributed by atoms with Crippen LogP contribution < -0.4 is 5.32 Å². The molecule has 7 heteroatoms. The van der Waals surface area contributed by atoms with E-state index in [0.29, 0.717) is 4.88 Å². The number of aromatic nitrogens is 2. The van der Waals surface area contributed by atoms with Gasteiger partial charge in [0.25, 0.3) is 5.91 Å². The second kappa shape index (κ2) is 5.63. The third-order valence-corrected chi connectivity index (χ3v) is 2.17. The normalized spacial score (nSPS) is 12.4. The minimum atomic E-state index is -0.394. The molecule has 2 N–H and O–H groups in total. The molecule has 0 fully saturated rings. The zero-order valence-corrected chi connectivity index (χ0v) is 8.45. The second-order valence-corrected chi connectivity index (χ2v) is 3.38. The fourth-order valence-electron chi connectivity index (χ4n) is 0.865. The quantitative estimate of drug-likeness (QED) is 0.679. The summed E-state index contributed by atoms with van der Waals surface area (Å²) in [4.78, 5) is 11.8. The number of methoxy groups -OCH3 is 1. The number of aliphatic hydroxyl groups is 1. The maximum Gasteiger partial charge on any atom is 0.265 e. The highest BCUT2D eigenvalue weighted by Gasteiger charge is 2.14. The van der Waals surface area contributed by atoms with Crippen LogP contribution in [0.2, 0.25) is 0 Å². The first kappa shape index (κ1) is 11.0. The summed E-state index contributed by atoms with van der Waals surface area (Å²) >= 11 is 1.01. The number of carbonyl (C=O) groups excluding carboxylic acids is 1. The maximum atomic E-state index is 11.4. The van der Waals surface area contributed by atoms with Gasteiger partial charge in [-0.05, 0) is 11.5 Å². The fraction of sp³-hybridized carbons (Fsp3) is 0.571. The Balaban J connectivity index is 2.47. The SMILES string of the molecule is COCC(CO)NC(=O)c1cnns1. The maximum absolute atomic E-state index is 11.4. The number of rotatable bonds is 5. The lowest BCUT2D eigenvalue weighted by Crippen LogP contribution is -2.40. The van der Waals surface area contributed by atoms with Crippen molar-refractivity contribution in [3.8, 4) is 0 Å². The van der Waals surface area contributed by atoms with E-state index in [1.807, 2.05) is 0 Å². The number of hydrogen-bond donors (Lipinski definition) is 2. The zero-order chi connectivity index (χ0) is 10.4. The summed E-state index contributed by atoms with van der Waals surface area (Å²) in [5.41, 5.74) is 0. The summed E-state index contributed by atoms with van der Waals surface area (Å²) < 4.78 is 8.37. The van der Waals surface area contributed by atoms with Crippen LogP contribution in [0.15, 0.2) is 6.20 Å². The van der Waals surface area contributed by atoms with Gasteiger partial charge < -0.3 is 15.2 Å². The molecule has 1 atom stereocenters. The number of hydrogen-bond acceptors (Lipinski definition) is 6. The Kier molecular flexibility index (Phi) is 4.44. The molecule has 0 bridgehead atoms. The summed E-state index contributed by atoms with van der Waals surface area (Å²) in [5.74, 6) is -0.295. The molecule has 14 heavy (non-hydrogen) atoms. The van der Waals surface area contributed by atoms with Gasteiger partial charge in [-0.25, -0.2) is 0 Å². The molecular formula is C7H11N3O3S. The molecule has 0 aliphatic rings. The van der Waals surface area contributed by atoms with Gasteiger partial charge >= 0.3 is 0 Å². The first-order chi connectivity index (χ1) is 6.77. The van der Waals surface area contributed by atoms with E-state index >= 15 is 0 Å². The Bertz CT molecular complexity index is 278. The molecule has 1 unspecified atom stereocenters. The third-order valence-electron chi connectivity index (χ3n) is 1.51. The summed E-state index contributed by atoms with van der Waals surface area (Å²) in [7, 11) is 1.50. The van der Waals surface area contributed by atoms with Crippen LogP contribution in [0.5, 0.6) is 0 Å². The van der Waals surface area contributed by atoms with Gasteiger partial charge in [-0.3, -0.25) is 4.79 Å². The van der Waals surface area contributed by atoms with Gasteiger partial charge in [0, 0.05) is 7.11 Å². The molecule has 0 spiro atoms. The molecule has 78 valence electrons. The van der Waals surface area contributed by atoms with Crippen LogP contribution in [0, 0.1) is 0 Å². The average Bonchev–Trinajstić information content (AvgIpc) is 2.69. The number of carbonyl (C=O) groups is 1. The van der Waals surface area contributed by atoms with Crippen molar-refractivity contribution in [2.45, 2.75) is 6.04 Å². The van der Waals surface area contributed by atoms with E-state index in [2.05, 4.69) is 14.9 Å². The summed E-state index contributed by atoms with van der Waals surface area (Å²) in [6, 6.07) is -0.394. The van der Waals surface area contributed by atoms with E-state index in [0.717, 1.165) is 11.5 Å². The minimum absolute atomic E-state index is 0.161. The lowest BCUT2D eigenvalue weighted by molar-refractivity contribution is 0.0843. The van der Waals surface area contributed by atoms with Gasteiger partial charge in [0.2, 0.25) is 0 Å². The molecule has 1 amide bonds. The van der Waals surface area contributed by atoms with E-state index in [9.17, 15) is 4.79 Å². The number of nitrogens with zero attached hydrogens (tertiary/aromatic N) is 2. The fourth-order valence-corrected chi connectivity index (χ4v) is 1.28.